The number of terminal acetylenes is 1. The monoisotopic (exact) mass is 324 g/mol. The Bertz CT molecular complexity index is 457. The van der Waals surface area contributed by atoms with Crippen molar-refractivity contribution in [1.29, 1.82) is 0 Å². The number of hydrogen-bond acceptors (Lipinski definition) is 5. The van der Waals surface area contributed by atoms with Gasteiger partial charge in [-0.25, -0.2) is 0 Å². The van der Waals surface area contributed by atoms with Crippen molar-refractivity contribution in [2.75, 3.05) is 0 Å². The Kier molecular flexibility index (Phi) is 7.05. The molecule has 0 aliphatic carbocycles. The highest BCUT2D eigenvalue weighted by Gasteiger charge is 2.51. The maximum Gasteiger partial charge on any atom is 0.325 e. The summed E-state index contributed by atoms with van der Waals surface area (Å²) in [5.74, 6) is 0.710. The molecule has 5 heteroatoms. The SMILES string of the molecule is C#CCC(CC(O)C=C)(C(=O)OC(C)(C)C)C(=O)OC(C)(C)C. The Morgan fingerprint density at radius 2 is 1.52 bits per heavy atom. The standard InChI is InChI=1S/C18H28O5/c1-9-11-18(12-13(19)10-2,14(20)22-16(3,4)5)15(21)23-17(6,7)8/h1,10,13,19H,2,11-12H2,3-8H3. The van der Waals surface area contributed by atoms with E-state index in [0.29, 0.717) is 0 Å². The summed E-state index contributed by atoms with van der Waals surface area (Å²) in [7, 11) is 0. The van der Waals surface area contributed by atoms with Crippen molar-refractivity contribution in [3.05, 3.63) is 12.7 Å². The number of esters is 2. The molecule has 0 amide bonds. The van der Waals surface area contributed by atoms with Crippen LogP contribution in [0.5, 0.6) is 0 Å². The highest BCUT2D eigenvalue weighted by Crippen LogP contribution is 2.35. The Balaban J connectivity index is 5.87. The molecule has 0 aliphatic rings. The lowest BCUT2D eigenvalue weighted by Crippen LogP contribution is -2.48. The number of carbonyl (C=O) groups is 2. The molecule has 23 heavy (non-hydrogen) atoms. The summed E-state index contributed by atoms with van der Waals surface area (Å²) in [4.78, 5) is 25.4. The molecule has 0 aliphatic heterocycles. The van der Waals surface area contributed by atoms with E-state index in [1.54, 1.807) is 41.5 Å². The highest BCUT2D eigenvalue weighted by atomic mass is 16.6. The number of ether oxygens (including phenoxy) is 2. The van der Waals surface area contributed by atoms with Crippen molar-refractivity contribution in [2.45, 2.75) is 71.7 Å². The normalized spacial score (nSPS) is 13.7. The van der Waals surface area contributed by atoms with Gasteiger partial charge in [0.25, 0.3) is 0 Å². The minimum Gasteiger partial charge on any atom is -0.459 e. The summed E-state index contributed by atoms with van der Waals surface area (Å²) in [5.41, 5.74) is -3.39. The maximum atomic E-state index is 12.7. The predicted molar refractivity (Wildman–Crippen MR) is 88.4 cm³/mol. The van der Waals surface area contributed by atoms with Crippen LogP contribution < -0.4 is 0 Å². The fourth-order valence-corrected chi connectivity index (χ4v) is 1.83. The van der Waals surface area contributed by atoms with Gasteiger partial charge in [0.2, 0.25) is 0 Å². The van der Waals surface area contributed by atoms with Crippen LogP contribution >= 0.6 is 0 Å². The third kappa shape index (κ3) is 6.87. The minimum absolute atomic E-state index is 0.234. The first-order chi connectivity index (χ1) is 10.3. The third-order valence-corrected chi connectivity index (χ3v) is 2.81. The van der Waals surface area contributed by atoms with Gasteiger partial charge >= 0.3 is 11.9 Å². The van der Waals surface area contributed by atoms with Gasteiger partial charge in [0, 0.05) is 12.8 Å². The smallest absolute Gasteiger partial charge is 0.325 e. The van der Waals surface area contributed by atoms with Crippen molar-refractivity contribution in [1.82, 2.24) is 0 Å². The molecule has 0 saturated heterocycles. The minimum atomic E-state index is -1.77. The lowest BCUT2D eigenvalue weighted by Gasteiger charge is -2.34. The van der Waals surface area contributed by atoms with E-state index < -0.39 is 34.7 Å². The third-order valence-electron chi connectivity index (χ3n) is 2.81. The Hall–Kier alpha value is -1.80. The van der Waals surface area contributed by atoms with E-state index in [1.165, 1.54) is 6.08 Å². The lowest BCUT2D eigenvalue weighted by molar-refractivity contribution is -0.187. The number of rotatable bonds is 6. The Morgan fingerprint density at radius 3 is 1.78 bits per heavy atom. The molecule has 1 N–H and O–H groups in total. The molecular formula is C18H28O5. The molecule has 130 valence electrons. The van der Waals surface area contributed by atoms with Gasteiger partial charge in [-0.2, -0.15) is 0 Å². The molecule has 0 bridgehead atoms. The van der Waals surface area contributed by atoms with E-state index in [1.807, 2.05) is 0 Å². The van der Waals surface area contributed by atoms with E-state index in [-0.39, 0.29) is 12.8 Å². The molecule has 0 fully saturated rings. The number of aliphatic hydroxyl groups is 1. The van der Waals surface area contributed by atoms with Crippen LogP contribution in [0.1, 0.15) is 54.4 Å². The summed E-state index contributed by atoms with van der Waals surface area (Å²) < 4.78 is 10.7. The fourth-order valence-electron chi connectivity index (χ4n) is 1.83. The Morgan fingerprint density at radius 1 is 1.13 bits per heavy atom. The lowest BCUT2D eigenvalue weighted by atomic mass is 9.78. The van der Waals surface area contributed by atoms with Gasteiger partial charge in [0.15, 0.2) is 5.41 Å². The van der Waals surface area contributed by atoms with E-state index in [0.717, 1.165) is 0 Å². The quantitative estimate of drug-likeness (QED) is 0.352. The highest BCUT2D eigenvalue weighted by molar-refractivity contribution is 6.00. The topological polar surface area (TPSA) is 72.8 Å². The van der Waals surface area contributed by atoms with Crippen LogP contribution in [-0.4, -0.2) is 34.4 Å². The van der Waals surface area contributed by atoms with E-state index in [2.05, 4.69) is 12.5 Å². The second kappa shape index (κ2) is 7.65. The van der Waals surface area contributed by atoms with Crippen LogP contribution in [0.15, 0.2) is 12.7 Å². The molecule has 0 aromatic heterocycles. The zero-order chi connectivity index (χ0) is 18.5. The average molecular weight is 324 g/mol. The van der Waals surface area contributed by atoms with E-state index >= 15 is 0 Å². The number of hydrogen-bond donors (Lipinski definition) is 1. The van der Waals surface area contributed by atoms with Crippen molar-refractivity contribution in [2.24, 2.45) is 5.41 Å². The summed E-state index contributed by atoms with van der Waals surface area (Å²) in [5, 5.41) is 9.91. The van der Waals surface area contributed by atoms with Gasteiger partial charge in [-0.15, -0.1) is 18.9 Å². The van der Waals surface area contributed by atoms with Crippen LogP contribution in [-0.2, 0) is 19.1 Å². The molecule has 0 spiro atoms. The first-order valence-electron chi connectivity index (χ1n) is 7.48. The van der Waals surface area contributed by atoms with Crippen molar-refractivity contribution >= 4 is 11.9 Å². The van der Waals surface area contributed by atoms with E-state index in [4.69, 9.17) is 15.9 Å². The first kappa shape index (κ1) is 21.2. The van der Waals surface area contributed by atoms with E-state index in [9.17, 15) is 14.7 Å². The van der Waals surface area contributed by atoms with Crippen LogP contribution in [0.2, 0.25) is 0 Å². The molecule has 0 radical (unpaired) electrons. The van der Waals surface area contributed by atoms with Crippen molar-refractivity contribution in [3.8, 4) is 12.3 Å². The second-order valence-electron chi connectivity index (χ2n) is 7.47. The van der Waals surface area contributed by atoms with Gasteiger partial charge in [0.05, 0.1) is 6.10 Å². The molecule has 5 nitrogen and oxygen atoms in total. The molecule has 0 aromatic rings. The molecule has 0 heterocycles. The van der Waals surface area contributed by atoms with Crippen LogP contribution in [0.4, 0.5) is 0 Å². The van der Waals surface area contributed by atoms with Crippen molar-refractivity contribution < 1.29 is 24.2 Å². The summed E-state index contributed by atoms with van der Waals surface area (Å²) in [6.45, 7) is 13.6. The van der Waals surface area contributed by atoms with Gasteiger partial charge in [0.1, 0.15) is 11.2 Å². The largest absolute Gasteiger partial charge is 0.459 e. The van der Waals surface area contributed by atoms with Crippen LogP contribution in [0.25, 0.3) is 0 Å². The Labute approximate surface area is 139 Å². The van der Waals surface area contributed by atoms with Gasteiger partial charge < -0.3 is 14.6 Å². The second-order valence-corrected chi connectivity index (χ2v) is 7.47. The van der Waals surface area contributed by atoms with Gasteiger partial charge in [-0.05, 0) is 41.5 Å². The molecule has 1 unspecified atom stereocenters. The maximum absolute atomic E-state index is 12.7. The molecule has 0 aromatic carbocycles. The van der Waals surface area contributed by atoms with Crippen LogP contribution in [0, 0.1) is 17.8 Å². The molecular weight excluding hydrogens is 296 g/mol. The fraction of sp³-hybridized carbons (Fsp3) is 0.667. The van der Waals surface area contributed by atoms with Gasteiger partial charge in [-0.1, -0.05) is 6.08 Å². The zero-order valence-electron chi connectivity index (χ0n) is 14.9. The molecule has 0 rings (SSSR count). The number of aliphatic hydroxyl groups excluding tert-OH is 1. The first-order valence-corrected chi connectivity index (χ1v) is 7.48. The predicted octanol–water partition coefficient (Wildman–Crippen LogP) is 2.62. The summed E-state index contributed by atoms with van der Waals surface area (Å²) in [6, 6.07) is 0. The summed E-state index contributed by atoms with van der Waals surface area (Å²) in [6.07, 6.45) is 5.02. The molecule has 1 atom stereocenters. The summed E-state index contributed by atoms with van der Waals surface area (Å²) >= 11 is 0. The zero-order valence-corrected chi connectivity index (χ0v) is 14.9. The van der Waals surface area contributed by atoms with Gasteiger partial charge in [-0.3, -0.25) is 9.59 Å². The van der Waals surface area contributed by atoms with Crippen LogP contribution in [0.3, 0.4) is 0 Å². The van der Waals surface area contributed by atoms with Crippen molar-refractivity contribution in [3.63, 3.8) is 0 Å². The number of carbonyl (C=O) groups excluding carboxylic acids is 2. The molecule has 0 saturated carbocycles. The average Bonchev–Trinajstić information content (AvgIpc) is 2.33.